The summed E-state index contributed by atoms with van der Waals surface area (Å²) in [4.78, 5) is 16.3. The largest absolute Gasteiger partial charge is 0.495 e. The Kier molecular flexibility index (Phi) is 5.97. The highest BCUT2D eigenvalue weighted by Gasteiger charge is 2.09. The molecule has 0 unspecified atom stereocenters. The third-order valence-corrected chi connectivity index (χ3v) is 3.39. The van der Waals surface area contributed by atoms with E-state index in [9.17, 15) is 4.79 Å². The van der Waals surface area contributed by atoms with Crippen molar-refractivity contribution in [2.75, 3.05) is 19.0 Å². The second-order valence-corrected chi connectivity index (χ2v) is 5.69. The average molecular weight is 313 g/mol. The van der Waals surface area contributed by atoms with Crippen LogP contribution in [-0.4, -0.2) is 24.5 Å². The Labute approximate surface area is 137 Å². The van der Waals surface area contributed by atoms with Crippen molar-refractivity contribution in [1.82, 2.24) is 10.3 Å². The van der Waals surface area contributed by atoms with E-state index in [1.807, 2.05) is 30.3 Å². The molecule has 0 aliphatic rings. The van der Waals surface area contributed by atoms with Gasteiger partial charge < -0.3 is 15.4 Å². The average Bonchev–Trinajstić information content (AvgIpc) is 2.55. The molecule has 2 N–H and O–H groups in total. The highest BCUT2D eigenvalue weighted by molar-refractivity contribution is 5.93. The number of carbonyl (C=O) groups is 1. The predicted octanol–water partition coefficient (Wildman–Crippen LogP) is 3.61. The van der Waals surface area contributed by atoms with Gasteiger partial charge in [0.2, 0.25) is 0 Å². The standard InChI is InChI=1S/C18H23N3O2/c1-13(2)8-10-20-18(22)16-12-14(9-11-19-16)21-15-6-4-5-7-17(15)23-3/h4-7,9,11-13H,8,10H2,1-3H3,(H,19,21)(H,20,22). The van der Waals surface area contributed by atoms with Gasteiger partial charge in [-0.2, -0.15) is 0 Å². The van der Waals surface area contributed by atoms with Crippen LogP contribution in [0.2, 0.25) is 0 Å². The second kappa shape index (κ2) is 8.17. The van der Waals surface area contributed by atoms with E-state index in [4.69, 9.17) is 4.74 Å². The van der Waals surface area contributed by atoms with Gasteiger partial charge >= 0.3 is 0 Å². The Morgan fingerprint density at radius 2 is 2.04 bits per heavy atom. The first kappa shape index (κ1) is 16.8. The first-order valence-electron chi connectivity index (χ1n) is 7.74. The Bertz CT molecular complexity index is 656. The minimum absolute atomic E-state index is 0.158. The number of aromatic nitrogens is 1. The maximum absolute atomic E-state index is 12.1. The molecular formula is C18H23N3O2. The summed E-state index contributed by atoms with van der Waals surface area (Å²) in [6.45, 7) is 4.91. The number of para-hydroxylation sites is 2. The molecule has 1 amide bonds. The lowest BCUT2D eigenvalue weighted by atomic mass is 10.1. The van der Waals surface area contributed by atoms with Crippen LogP contribution < -0.4 is 15.4 Å². The zero-order chi connectivity index (χ0) is 16.7. The number of carbonyl (C=O) groups excluding carboxylic acids is 1. The molecule has 1 aromatic heterocycles. The smallest absolute Gasteiger partial charge is 0.269 e. The molecule has 2 rings (SSSR count). The second-order valence-electron chi connectivity index (χ2n) is 5.69. The van der Waals surface area contributed by atoms with Crippen LogP contribution in [0.4, 0.5) is 11.4 Å². The topological polar surface area (TPSA) is 63.2 Å². The highest BCUT2D eigenvalue weighted by Crippen LogP contribution is 2.26. The van der Waals surface area contributed by atoms with Crippen LogP contribution in [0.3, 0.4) is 0 Å². The van der Waals surface area contributed by atoms with E-state index in [2.05, 4.69) is 29.5 Å². The summed E-state index contributed by atoms with van der Waals surface area (Å²) < 4.78 is 5.31. The van der Waals surface area contributed by atoms with E-state index in [0.717, 1.165) is 23.5 Å². The van der Waals surface area contributed by atoms with E-state index in [-0.39, 0.29) is 5.91 Å². The molecule has 1 aromatic carbocycles. The van der Waals surface area contributed by atoms with Gasteiger partial charge in [0, 0.05) is 18.4 Å². The lowest BCUT2D eigenvalue weighted by molar-refractivity contribution is 0.0947. The fraction of sp³-hybridized carbons (Fsp3) is 0.333. The molecule has 122 valence electrons. The maximum Gasteiger partial charge on any atom is 0.269 e. The van der Waals surface area contributed by atoms with Crippen LogP contribution in [0.1, 0.15) is 30.8 Å². The Hall–Kier alpha value is -2.56. The van der Waals surface area contributed by atoms with Crippen molar-refractivity contribution in [2.24, 2.45) is 5.92 Å². The molecule has 0 spiro atoms. The summed E-state index contributed by atoms with van der Waals surface area (Å²) in [5, 5.41) is 6.14. The summed E-state index contributed by atoms with van der Waals surface area (Å²) in [5.74, 6) is 1.14. The quantitative estimate of drug-likeness (QED) is 0.819. The van der Waals surface area contributed by atoms with Crippen molar-refractivity contribution in [1.29, 1.82) is 0 Å². The lowest BCUT2D eigenvalue weighted by Crippen LogP contribution is -2.26. The molecule has 0 aliphatic carbocycles. The van der Waals surface area contributed by atoms with Crippen LogP contribution in [0.15, 0.2) is 42.6 Å². The highest BCUT2D eigenvalue weighted by atomic mass is 16.5. The molecule has 2 aromatic rings. The molecule has 5 heteroatoms. The Morgan fingerprint density at radius 1 is 1.26 bits per heavy atom. The predicted molar refractivity (Wildman–Crippen MR) is 92.3 cm³/mol. The van der Waals surface area contributed by atoms with E-state index in [0.29, 0.717) is 18.2 Å². The number of amides is 1. The Balaban J connectivity index is 2.06. The molecule has 0 atom stereocenters. The number of ether oxygens (including phenoxy) is 1. The van der Waals surface area contributed by atoms with E-state index >= 15 is 0 Å². The van der Waals surface area contributed by atoms with Crippen LogP contribution in [0, 0.1) is 5.92 Å². The lowest BCUT2D eigenvalue weighted by Gasteiger charge is -2.12. The number of pyridine rings is 1. The molecule has 5 nitrogen and oxygen atoms in total. The van der Waals surface area contributed by atoms with Crippen molar-refractivity contribution in [2.45, 2.75) is 20.3 Å². The van der Waals surface area contributed by atoms with Gasteiger partial charge in [-0.25, -0.2) is 0 Å². The number of nitrogens with zero attached hydrogens (tertiary/aromatic N) is 1. The number of anilines is 2. The first-order valence-corrected chi connectivity index (χ1v) is 7.74. The third kappa shape index (κ3) is 4.98. The van der Waals surface area contributed by atoms with Crippen LogP contribution in [0.5, 0.6) is 5.75 Å². The van der Waals surface area contributed by atoms with Gasteiger partial charge in [0.25, 0.3) is 5.91 Å². The molecule has 1 heterocycles. The number of hydrogen-bond acceptors (Lipinski definition) is 4. The minimum atomic E-state index is -0.158. The first-order chi connectivity index (χ1) is 11.1. The fourth-order valence-corrected chi connectivity index (χ4v) is 2.10. The van der Waals surface area contributed by atoms with Crippen LogP contribution in [0.25, 0.3) is 0 Å². The fourth-order valence-electron chi connectivity index (χ4n) is 2.10. The van der Waals surface area contributed by atoms with Crippen molar-refractivity contribution in [3.05, 3.63) is 48.3 Å². The van der Waals surface area contributed by atoms with Gasteiger partial charge in [-0.05, 0) is 36.6 Å². The van der Waals surface area contributed by atoms with Gasteiger partial charge in [0.15, 0.2) is 0 Å². The van der Waals surface area contributed by atoms with E-state index < -0.39 is 0 Å². The molecule has 0 fully saturated rings. The van der Waals surface area contributed by atoms with Crippen LogP contribution in [-0.2, 0) is 0 Å². The summed E-state index contributed by atoms with van der Waals surface area (Å²) >= 11 is 0. The number of benzene rings is 1. The summed E-state index contributed by atoms with van der Waals surface area (Å²) in [5.41, 5.74) is 2.03. The minimum Gasteiger partial charge on any atom is -0.495 e. The number of hydrogen-bond donors (Lipinski definition) is 2. The summed E-state index contributed by atoms with van der Waals surface area (Å²) in [6, 6.07) is 11.2. The van der Waals surface area contributed by atoms with Gasteiger partial charge in [-0.15, -0.1) is 0 Å². The monoisotopic (exact) mass is 313 g/mol. The zero-order valence-corrected chi connectivity index (χ0v) is 13.8. The third-order valence-electron chi connectivity index (χ3n) is 3.39. The SMILES string of the molecule is COc1ccccc1Nc1ccnc(C(=O)NCCC(C)C)c1. The summed E-state index contributed by atoms with van der Waals surface area (Å²) in [7, 11) is 1.63. The molecular weight excluding hydrogens is 290 g/mol. The number of nitrogens with one attached hydrogen (secondary N) is 2. The normalized spacial score (nSPS) is 10.4. The van der Waals surface area contributed by atoms with Gasteiger partial charge in [-0.3, -0.25) is 9.78 Å². The van der Waals surface area contributed by atoms with Crippen molar-refractivity contribution in [3.8, 4) is 5.75 Å². The zero-order valence-electron chi connectivity index (χ0n) is 13.8. The molecule has 23 heavy (non-hydrogen) atoms. The number of rotatable bonds is 7. The van der Waals surface area contributed by atoms with Crippen molar-refractivity contribution < 1.29 is 9.53 Å². The Morgan fingerprint density at radius 3 is 2.78 bits per heavy atom. The van der Waals surface area contributed by atoms with E-state index in [1.54, 1.807) is 19.4 Å². The van der Waals surface area contributed by atoms with Gasteiger partial charge in [0.1, 0.15) is 11.4 Å². The van der Waals surface area contributed by atoms with Crippen molar-refractivity contribution >= 4 is 17.3 Å². The summed E-state index contributed by atoms with van der Waals surface area (Å²) in [6.07, 6.45) is 2.57. The molecule has 0 bridgehead atoms. The molecule has 0 saturated carbocycles. The van der Waals surface area contributed by atoms with Gasteiger partial charge in [0.05, 0.1) is 12.8 Å². The van der Waals surface area contributed by atoms with Crippen LogP contribution >= 0.6 is 0 Å². The van der Waals surface area contributed by atoms with Crippen molar-refractivity contribution in [3.63, 3.8) is 0 Å². The molecule has 0 radical (unpaired) electrons. The van der Waals surface area contributed by atoms with Gasteiger partial charge in [-0.1, -0.05) is 26.0 Å². The maximum atomic E-state index is 12.1. The van der Waals surface area contributed by atoms with E-state index in [1.165, 1.54) is 0 Å². The number of methoxy groups -OCH3 is 1. The molecule has 0 aliphatic heterocycles. The molecule has 0 saturated heterocycles.